The molecule has 1 N–H and O–H groups in total. The van der Waals surface area contributed by atoms with Crippen LogP contribution in [0.15, 0.2) is 42.5 Å². The maximum Gasteiger partial charge on any atom is 0.270 e. The van der Waals surface area contributed by atoms with Crippen molar-refractivity contribution >= 4 is 23.6 Å². The number of nitro benzene ring substituents is 1. The fraction of sp³-hybridized carbons (Fsp3) is 0.176. The highest BCUT2D eigenvalue weighted by atomic mass is 16.6. The molecular formula is C17H16N2O5. The molecule has 7 heteroatoms. The lowest BCUT2D eigenvalue weighted by molar-refractivity contribution is -0.384. The summed E-state index contributed by atoms with van der Waals surface area (Å²) in [7, 11) is 0. The van der Waals surface area contributed by atoms with Crippen LogP contribution in [0.4, 0.5) is 11.4 Å². The van der Waals surface area contributed by atoms with E-state index in [0.29, 0.717) is 12.0 Å². The number of non-ortho nitro benzene ring substituents is 1. The summed E-state index contributed by atoms with van der Waals surface area (Å²) in [6, 6.07) is 10.9. The number of amides is 1. The van der Waals surface area contributed by atoms with Gasteiger partial charge in [0.25, 0.3) is 11.6 Å². The Morgan fingerprint density at radius 2 is 2.04 bits per heavy atom. The first-order valence-electron chi connectivity index (χ1n) is 7.18. The van der Waals surface area contributed by atoms with Gasteiger partial charge in [-0.1, -0.05) is 12.1 Å². The monoisotopic (exact) mass is 328 g/mol. The SMILES string of the molecule is Cc1cccc(NC(=O)[C@H](C)Oc2ccc([N+](=O)[O-])cc2C=O)c1. The molecule has 0 aliphatic carbocycles. The van der Waals surface area contributed by atoms with E-state index in [2.05, 4.69) is 5.32 Å². The van der Waals surface area contributed by atoms with Crippen molar-refractivity contribution in [3.8, 4) is 5.75 Å². The highest BCUT2D eigenvalue weighted by Gasteiger charge is 2.18. The highest BCUT2D eigenvalue weighted by molar-refractivity contribution is 5.94. The zero-order valence-electron chi connectivity index (χ0n) is 13.2. The first-order valence-corrected chi connectivity index (χ1v) is 7.18. The Labute approximate surface area is 138 Å². The molecule has 2 aromatic carbocycles. The lowest BCUT2D eigenvalue weighted by atomic mass is 10.2. The second kappa shape index (κ2) is 7.36. The summed E-state index contributed by atoms with van der Waals surface area (Å²) in [5.41, 5.74) is 1.43. The van der Waals surface area contributed by atoms with Gasteiger partial charge in [-0.25, -0.2) is 0 Å². The van der Waals surface area contributed by atoms with E-state index >= 15 is 0 Å². The molecule has 1 atom stereocenters. The molecule has 0 heterocycles. The molecule has 2 aromatic rings. The Bertz CT molecular complexity index is 788. The van der Waals surface area contributed by atoms with E-state index in [1.54, 1.807) is 6.07 Å². The van der Waals surface area contributed by atoms with Gasteiger partial charge >= 0.3 is 0 Å². The van der Waals surface area contributed by atoms with E-state index in [1.807, 2.05) is 25.1 Å². The van der Waals surface area contributed by atoms with Gasteiger partial charge in [0, 0.05) is 17.8 Å². The van der Waals surface area contributed by atoms with Gasteiger partial charge in [-0.3, -0.25) is 19.7 Å². The van der Waals surface area contributed by atoms with Gasteiger partial charge in [-0.2, -0.15) is 0 Å². The Morgan fingerprint density at radius 3 is 2.67 bits per heavy atom. The van der Waals surface area contributed by atoms with Crippen LogP contribution < -0.4 is 10.1 Å². The summed E-state index contributed by atoms with van der Waals surface area (Å²) in [6.45, 7) is 3.43. The molecule has 0 fully saturated rings. The molecule has 0 saturated heterocycles. The van der Waals surface area contributed by atoms with E-state index in [-0.39, 0.29) is 17.0 Å². The van der Waals surface area contributed by atoms with Gasteiger partial charge < -0.3 is 10.1 Å². The number of hydrogen-bond acceptors (Lipinski definition) is 5. The molecule has 1 amide bonds. The average molecular weight is 328 g/mol. The van der Waals surface area contributed by atoms with Crippen LogP contribution in [0.3, 0.4) is 0 Å². The van der Waals surface area contributed by atoms with Gasteiger partial charge in [0.15, 0.2) is 12.4 Å². The van der Waals surface area contributed by atoms with E-state index in [0.717, 1.165) is 11.6 Å². The molecule has 7 nitrogen and oxygen atoms in total. The van der Waals surface area contributed by atoms with Gasteiger partial charge in [0.2, 0.25) is 0 Å². The molecule has 0 spiro atoms. The van der Waals surface area contributed by atoms with Crippen LogP contribution in [-0.4, -0.2) is 23.2 Å². The molecule has 0 aliphatic heterocycles. The first kappa shape index (κ1) is 17.1. The Hall–Kier alpha value is -3.22. The van der Waals surface area contributed by atoms with Gasteiger partial charge in [-0.05, 0) is 37.6 Å². The highest BCUT2D eigenvalue weighted by Crippen LogP contribution is 2.24. The molecule has 0 bridgehead atoms. The van der Waals surface area contributed by atoms with Gasteiger partial charge in [0.1, 0.15) is 5.75 Å². The van der Waals surface area contributed by atoms with E-state index in [1.165, 1.54) is 19.1 Å². The van der Waals surface area contributed by atoms with Crippen LogP contribution in [-0.2, 0) is 4.79 Å². The average Bonchev–Trinajstić information content (AvgIpc) is 2.54. The molecule has 0 aliphatic rings. The zero-order valence-corrected chi connectivity index (χ0v) is 13.2. The van der Waals surface area contributed by atoms with Crippen molar-refractivity contribution in [2.45, 2.75) is 20.0 Å². The zero-order chi connectivity index (χ0) is 17.7. The van der Waals surface area contributed by atoms with Crippen molar-refractivity contribution in [3.63, 3.8) is 0 Å². The summed E-state index contributed by atoms with van der Waals surface area (Å²) in [5, 5.41) is 13.4. The third kappa shape index (κ3) is 4.16. The number of rotatable bonds is 6. The minimum absolute atomic E-state index is 0.0133. The van der Waals surface area contributed by atoms with Gasteiger partial charge in [-0.15, -0.1) is 0 Å². The minimum Gasteiger partial charge on any atom is -0.480 e. The topological polar surface area (TPSA) is 98.5 Å². The number of benzene rings is 2. The third-order valence-electron chi connectivity index (χ3n) is 3.29. The Morgan fingerprint density at radius 1 is 1.29 bits per heavy atom. The van der Waals surface area contributed by atoms with Crippen LogP contribution in [0.1, 0.15) is 22.8 Å². The van der Waals surface area contributed by atoms with Crippen LogP contribution in [0.25, 0.3) is 0 Å². The van der Waals surface area contributed by atoms with Crippen LogP contribution in [0, 0.1) is 17.0 Å². The predicted octanol–water partition coefficient (Wildman–Crippen LogP) is 3.12. The smallest absolute Gasteiger partial charge is 0.270 e. The first-order chi connectivity index (χ1) is 11.4. The lowest BCUT2D eigenvalue weighted by Crippen LogP contribution is -2.30. The fourth-order valence-corrected chi connectivity index (χ4v) is 2.06. The summed E-state index contributed by atoms with van der Waals surface area (Å²) in [5.74, 6) is -0.279. The predicted molar refractivity (Wildman–Crippen MR) is 88.4 cm³/mol. The Balaban J connectivity index is 2.11. The van der Waals surface area contributed by atoms with E-state index in [9.17, 15) is 19.7 Å². The molecule has 2 rings (SSSR count). The largest absolute Gasteiger partial charge is 0.480 e. The number of anilines is 1. The van der Waals surface area contributed by atoms with Crippen molar-refractivity contribution in [1.82, 2.24) is 0 Å². The van der Waals surface area contributed by atoms with E-state index < -0.39 is 16.9 Å². The van der Waals surface area contributed by atoms with E-state index in [4.69, 9.17) is 4.74 Å². The molecular weight excluding hydrogens is 312 g/mol. The minimum atomic E-state index is -0.884. The summed E-state index contributed by atoms with van der Waals surface area (Å²) in [6.07, 6.45) is -0.432. The maximum absolute atomic E-state index is 12.2. The molecule has 124 valence electrons. The summed E-state index contributed by atoms with van der Waals surface area (Å²) >= 11 is 0. The van der Waals surface area contributed by atoms with Crippen LogP contribution in [0.5, 0.6) is 5.75 Å². The van der Waals surface area contributed by atoms with Crippen LogP contribution in [0.2, 0.25) is 0 Å². The summed E-state index contributed by atoms with van der Waals surface area (Å²) in [4.78, 5) is 33.4. The number of carbonyl (C=O) groups is 2. The number of ether oxygens (including phenoxy) is 1. The summed E-state index contributed by atoms with van der Waals surface area (Å²) < 4.78 is 5.47. The normalized spacial score (nSPS) is 11.4. The molecule has 24 heavy (non-hydrogen) atoms. The van der Waals surface area contributed by atoms with Crippen molar-refractivity contribution in [2.75, 3.05) is 5.32 Å². The Kier molecular flexibility index (Phi) is 5.26. The van der Waals surface area contributed by atoms with Crippen molar-refractivity contribution in [1.29, 1.82) is 0 Å². The second-order valence-electron chi connectivity index (χ2n) is 5.22. The lowest BCUT2D eigenvalue weighted by Gasteiger charge is -2.16. The molecule has 0 radical (unpaired) electrons. The number of nitrogens with one attached hydrogen (secondary N) is 1. The van der Waals surface area contributed by atoms with Crippen molar-refractivity contribution < 1.29 is 19.2 Å². The van der Waals surface area contributed by atoms with Crippen molar-refractivity contribution in [2.24, 2.45) is 0 Å². The third-order valence-corrected chi connectivity index (χ3v) is 3.29. The second-order valence-corrected chi connectivity index (χ2v) is 5.22. The van der Waals surface area contributed by atoms with Gasteiger partial charge in [0.05, 0.1) is 10.5 Å². The molecule has 0 unspecified atom stereocenters. The standard InChI is InChI=1S/C17H16N2O5/c1-11-4-3-5-14(8-11)18-17(21)12(2)24-16-7-6-15(19(22)23)9-13(16)10-20/h3-10,12H,1-2H3,(H,18,21)/t12-/m0/s1. The maximum atomic E-state index is 12.2. The number of nitro groups is 1. The molecule has 0 aromatic heterocycles. The quantitative estimate of drug-likeness (QED) is 0.499. The fourth-order valence-electron chi connectivity index (χ4n) is 2.06. The number of aryl methyl sites for hydroxylation is 1. The molecule has 0 saturated carbocycles. The number of hydrogen-bond donors (Lipinski definition) is 1. The van der Waals surface area contributed by atoms with Crippen LogP contribution >= 0.6 is 0 Å². The van der Waals surface area contributed by atoms with Crippen molar-refractivity contribution in [3.05, 3.63) is 63.7 Å². The number of carbonyl (C=O) groups excluding carboxylic acids is 2. The number of aldehydes is 1. The number of nitrogens with zero attached hydrogens (tertiary/aromatic N) is 1.